The van der Waals surface area contributed by atoms with Gasteiger partial charge in [0, 0.05) is 24.4 Å². The van der Waals surface area contributed by atoms with Gasteiger partial charge in [-0.3, -0.25) is 9.20 Å². The minimum Gasteiger partial charge on any atom is -0.345 e. The van der Waals surface area contributed by atoms with Gasteiger partial charge in [-0.05, 0) is 18.1 Å². The SMILES string of the molecule is Cc1c(Cc2ccccc2)c(=O)n2cc[nH]c2c1C#N. The number of aromatic nitrogens is 2. The van der Waals surface area contributed by atoms with Gasteiger partial charge in [0.1, 0.15) is 11.7 Å². The van der Waals surface area contributed by atoms with Crippen molar-refractivity contribution in [3.63, 3.8) is 0 Å². The fourth-order valence-electron chi connectivity index (χ4n) is 2.48. The Kier molecular flexibility index (Phi) is 2.88. The quantitative estimate of drug-likeness (QED) is 0.771. The fraction of sp³-hybridized carbons (Fsp3) is 0.125. The highest BCUT2D eigenvalue weighted by Gasteiger charge is 2.15. The molecule has 2 heterocycles. The van der Waals surface area contributed by atoms with Crippen LogP contribution in [0.4, 0.5) is 0 Å². The molecule has 0 bridgehead atoms. The molecular formula is C16H13N3O. The number of rotatable bonds is 2. The zero-order chi connectivity index (χ0) is 14.1. The number of benzene rings is 1. The minimum atomic E-state index is -0.0680. The molecule has 0 spiro atoms. The van der Waals surface area contributed by atoms with Crippen LogP contribution in [0.15, 0.2) is 47.5 Å². The Morgan fingerprint density at radius 2 is 2.05 bits per heavy atom. The van der Waals surface area contributed by atoms with E-state index in [0.717, 1.165) is 11.1 Å². The molecule has 1 N–H and O–H groups in total. The number of fused-ring (bicyclic) bond motifs is 1. The van der Waals surface area contributed by atoms with Gasteiger partial charge in [0.2, 0.25) is 0 Å². The molecule has 0 unspecified atom stereocenters. The van der Waals surface area contributed by atoms with E-state index in [4.69, 9.17) is 0 Å². The van der Waals surface area contributed by atoms with E-state index < -0.39 is 0 Å². The summed E-state index contributed by atoms with van der Waals surface area (Å²) in [5.41, 5.74) is 3.51. The molecule has 20 heavy (non-hydrogen) atoms. The number of nitrogens with one attached hydrogen (secondary N) is 1. The summed E-state index contributed by atoms with van der Waals surface area (Å²) in [5, 5.41) is 9.33. The highest BCUT2D eigenvalue weighted by Crippen LogP contribution is 2.17. The molecule has 2 aromatic heterocycles. The first-order valence-electron chi connectivity index (χ1n) is 6.37. The molecule has 4 nitrogen and oxygen atoms in total. The lowest BCUT2D eigenvalue weighted by molar-refractivity contribution is 1.01. The third kappa shape index (κ3) is 1.81. The molecule has 0 aliphatic rings. The zero-order valence-corrected chi connectivity index (χ0v) is 11.1. The number of imidazole rings is 1. The Bertz CT molecular complexity index is 866. The summed E-state index contributed by atoms with van der Waals surface area (Å²) in [4.78, 5) is 15.5. The van der Waals surface area contributed by atoms with E-state index in [-0.39, 0.29) is 5.56 Å². The number of pyridine rings is 1. The molecule has 1 aromatic carbocycles. The topological polar surface area (TPSA) is 61.1 Å². The molecule has 0 radical (unpaired) electrons. The van der Waals surface area contributed by atoms with Gasteiger partial charge in [-0.25, -0.2) is 0 Å². The van der Waals surface area contributed by atoms with Crippen molar-refractivity contribution in [2.45, 2.75) is 13.3 Å². The van der Waals surface area contributed by atoms with Crippen molar-refractivity contribution in [3.05, 3.63) is 75.3 Å². The van der Waals surface area contributed by atoms with Gasteiger partial charge in [0.15, 0.2) is 0 Å². The Morgan fingerprint density at radius 1 is 1.30 bits per heavy atom. The maximum absolute atomic E-state index is 12.5. The zero-order valence-electron chi connectivity index (χ0n) is 11.1. The molecule has 3 aromatic rings. The summed E-state index contributed by atoms with van der Waals surface area (Å²) in [7, 11) is 0. The normalized spacial score (nSPS) is 10.6. The third-order valence-electron chi connectivity index (χ3n) is 3.56. The number of aromatic amines is 1. The second-order valence-electron chi connectivity index (χ2n) is 4.74. The number of hydrogen-bond acceptors (Lipinski definition) is 2. The summed E-state index contributed by atoms with van der Waals surface area (Å²) >= 11 is 0. The maximum atomic E-state index is 12.5. The highest BCUT2D eigenvalue weighted by molar-refractivity contribution is 5.61. The molecule has 3 rings (SSSR count). The van der Waals surface area contributed by atoms with Crippen molar-refractivity contribution in [3.8, 4) is 6.07 Å². The van der Waals surface area contributed by atoms with Crippen LogP contribution in [-0.4, -0.2) is 9.38 Å². The fourth-order valence-corrected chi connectivity index (χ4v) is 2.48. The molecule has 0 saturated heterocycles. The van der Waals surface area contributed by atoms with Crippen molar-refractivity contribution in [2.75, 3.05) is 0 Å². The third-order valence-corrected chi connectivity index (χ3v) is 3.56. The van der Waals surface area contributed by atoms with Crippen LogP contribution < -0.4 is 5.56 Å². The van der Waals surface area contributed by atoms with Gasteiger partial charge < -0.3 is 4.98 Å². The second kappa shape index (κ2) is 4.71. The van der Waals surface area contributed by atoms with E-state index in [2.05, 4.69) is 11.1 Å². The van der Waals surface area contributed by atoms with Crippen molar-refractivity contribution in [1.82, 2.24) is 9.38 Å². The van der Waals surface area contributed by atoms with E-state index in [1.54, 1.807) is 12.4 Å². The van der Waals surface area contributed by atoms with Crippen LogP contribution >= 0.6 is 0 Å². The monoisotopic (exact) mass is 263 g/mol. The Labute approximate surface area is 115 Å². The van der Waals surface area contributed by atoms with Crippen molar-refractivity contribution < 1.29 is 0 Å². The molecule has 0 fully saturated rings. The average molecular weight is 263 g/mol. The first-order chi connectivity index (χ1) is 9.72. The molecule has 0 atom stereocenters. The Balaban J connectivity index is 2.26. The lowest BCUT2D eigenvalue weighted by Crippen LogP contribution is -2.20. The first kappa shape index (κ1) is 12.2. The summed E-state index contributed by atoms with van der Waals surface area (Å²) in [6, 6.07) is 12.0. The lowest BCUT2D eigenvalue weighted by Gasteiger charge is -2.08. The lowest BCUT2D eigenvalue weighted by atomic mass is 9.99. The molecule has 4 heteroatoms. The summed E-state index contributed by atoms with van der Waals surface area (Å²) in [6.45, 7) is 1.83. The predicted octanol–water partition coefficient (Wildman–Crippen LogP) is 2.40. The summed E-state index contributed by atoms with van der Waals surface area (Å²) < 4.78 is 1.50. The van der Waals surface area contributed by atoms with Crippen molar-refractivity contribution in [2.24, 2.45) is 0 Å². The van der Waals surface area contributed by atoms with E-state index in [1.165, 1.54) is 4.40 Å². The predicted molar refractivity (Wildman–Crippen MR) is 76.7 cm³/mol. The highest BCUT2D eigenvalue weighted by atomic mass is 16.1. The van der Waals surface area contributed by atoms with Gasteiger partial charge in [-0.15, -0.1) is 0 Å². The van der Waals surface area contributed by atoms with Crippen LogP contribution in [-0.2, 0) is 6.42 Å². The molecule has 0 amide bonds. The molecule has 0 aliphatic heterocycles. The van der Waals surface area contributed by atoms with E-state index in [0.29, 0.717) is 23.2 Å². The first-order valence-corrected chi connectivity index (χ1v) is 6.37. The van der Waals surface area contributed by atoms with Crippen molar-refractivity contribution in [1.29, 1.82) is 5.26 Å². The molecule has 0 aliphatic carbocycles. The van der Waals surface area contributed by atoms with Crippen LogP contribution in [0.5, 0.6) is 0 Å². The number of nitrogens with zero attached hydrogens (tertiary/aromatic N) is 2. The van der Waals surface area contributed by atoms with Gasteiger partial charge in [-0.2, -0.15) is 5.26 Å². The van der Waals surface area contributed by atoms with Crippen LogP contribution in [0.3, 0.4) is 0 Å². The van der Waals surface area contributed by atoms with Crippen LogP contribution in [0.2, 0.25) is 0 Å². The molecule has 0 saturated carbocycles. The molecular weight excluding hydrogens is 250 g/mol. The van der Waals surface area contributed by atoms with Gasteiger partial charge >= 0.3 is 0 Å². The van der Waals surface area contributed by atoms with Gasteiger partial charge in [0.05, 0.1) is 5.56 Å². The second-order valence-corrected chi connectivity index (χ2v) is 4.74. The smallest absolute Gasteiger partial charge is 0.260 e. The number of H-pyrrole nitrogens is 1. The number of nitriles is 1. The van der Waals surface area contributed by atoms with Crippen LogP contribution in [0.25, 0.3) is 5.65 Å². The maximum Gasteiger partial charge on any atom is 0.260 e. The Hall–Kier alpha value is -2.80. The minimum absolute atomic E-state index is 0.0680. The van der Waals surface area contributed by atoms with Crippen molar-refractivity contribution >= 4 is 5.65 Å². The number of hydrogen-bond donors (Lipinski definition) is 1. The van der Waals surface area contributed by atoms with E-state index in [1.807, 2.05) is 37.3 Å². The Morgan fingerprint density at radius 3 is 2.75 bits per heavy atom. The molecule has 98 valence electrons. The average Bonchev–Trinajstić information content (AvgIpc) is 2.94. The van der Waals surface area contributed by atoms with Gasteiger partial charge in [-0.1, -0.05) is 30.3 Å². The standard InChI is InChI=1S/C16H13N3O/c1-11-13(9-12-5-3-2-4-6-12)16(20)19-8-7-18-15(19)14(11)10-17/h2-8,18H,9H2,1H3. The largest absolute Gasteiger partial charge is 0.345 e. The van der Waals surface area contributed by atoms with E-state index in [9.17, 15) is 10.1 Å². The summed E-state index contributed by atoms with van der Waals surface area (Å²) in [6.07, 6.45) is 3.87. The van der Waals surface area contributed by atoms with E-state index >= 15 is 0 Å². The summed E-state index contributed by atoms with van der Waals surface area (Å²) in [5.74, 6) is 0. The van der Waals surface area contributed by atoms with Crippen LogP contribution in [0.1, 0.15) is 22.3 Å². The van der Waals surface area contributed by atoms with Gasteiger partial charge in [0.25, 0.3) is 5.56 Å². The van der Waals surface area contributed by atoms with Crippen LogP contribution in [0, 0.1) is 18.3 Å².